The molecule has 0 bridgehead atoms. The number of aliphatic hydroxyl groups excluding tert-OH is 2. The Labute approximate surface area is 434 Å². The van der Waals surface area contributed by atoms with Crippen LogP contribution in [0.1, 0.15) is 44.5 Å². The first-order chi connectivity index (χ1) is 34.3. The number of hydrogen-bond acceptors (Lipinski definition) is 23. The molecule has 0 saturated heterocycles. The lowest BCUT2D eigenvalue weighted by atomic mass is 9.99. The highest BCUT2D eigenvalue weighted by molar-refractivity contribution is 7.59. The number of phenolic OH excluding ortho intramolecular Hbond substituents is 10. The van der Waals surface area contributed by atoms with Gasteiger partial charge in [-0.15, -0.1) is 25.3 Å². The summed E-state index contributed by atoms with van der Waals surface area (Å²) in [5.74, 6) is 2.11. The van der Waals surface area contributed by atoms with Crippen molar-refractivity contribution in [1.82, 2.24) is 19.6 Å². The number of aromatic hydroxyl groups is 10. The predicted octanol–water partition coefficient (Wildman–Crippen LogP) is 3.69. The quantitative estimate of drug-likeness (QED) is 0.0748. The van der Waals surface area contributed by atoms with Gasteiger partial charge in [0.2, 0.25) is 0 Å². The van der Waals surface area contributed by atoms with Crippen LogP contribution in [0.3, 0.4) is 0 Å². The molecule has 0 radical (unpaired) electrons. The van der Waals surface area contributed by atoms with Gasteiger partial charge in [0.15, 0.2) is 11.5 Å². The third-order valence-corrected chi connectivity index (χ3v) is 9.69. The van der Waals surface area contributed by atoms with Crippen LogP contribution in [0, 0.1) is 27.7 Å². The van der Waals surface area contributed by atoms with Crippen LogP contribution in [0.5, 0.6) is 63.2 Å². The molecule has 5 rings (SSSR count). The molecule has 0 amide bonds. The fourth-order valence-corrected chi connectivity index (χ4v) is 6.03. The summed E-state index contributed by atoms with van der Waals surface area (Å²) >= 11 is 0. The van der Waals surface area contributed by atoms with E-state index in [2.05, 4.69) is 0 Å². The molecule has 25 heteroatoms. The third-order valence-electron chi connectivity index (χ3n) is 9.69. The molecule has 0 fully saturated rings. The molecule has 0 heterocycles. The highest BCUT2D eigenvalue weighted by Crippen LogP contribution is 2.43. The molecule has 0 atom stereocenters. The molecule has 0 aliphatic carbocycles. The molecule has 5 aromatic rings. The molecule has 12 N–H and O–H groups in total. The Hall–Kier alpha value is -7.10. The second-order valence-electron chi connectivity index (χ2n) is 16.6. The summed E-state index contributed by atoms with van der Waals surface area (Å²) in [5.41, 5.74) is 5.32. The standard InChI is InChI=1S/C14H24N2O4.C14H24N2O3.3C7H8O2.2O3S/c1-15(3-5-17)9-11-7-14(20)12(8-13(11)19)10-16(2)4-6-18;1-9-10(7-15(2)3)13(18)11(8-16(4)5)14(19-6)12(9)17;3*1-5-4-6(8)2-3-7(5)9;2*1-4(2)3/h7-8,17-20H,3-6,9-10H2,1-2H3;17-18H,7-8H2,1-6H3;3*2-4,8-9H,1H3;;. The summed E-state index contributed by atoms with van der Waals surface area (Å²) in [6.45, 7) is 10.1. The van der Waals surface area contributed by atoms with Crippen molar-refractivity contribution in [3.05, 3.63) is 111 Å². The van der Waals surface area contributed by atoms with E-state index in [0.29, 0.717) is 84.0 Å². The number of hydrogen-bond donors (Lipinski definition) is 12. The van der Waals surface area contributed by atoms with E-state index in [1.165, 1.54) is 61.7 Å². The second-order valence-corrected chi connectivity index (χ2v) is 17.5. The topological polar surface area (TPSA) is 367 Å². The number of ether oxygens (including phenoxy) is 1. The van der Waals surface area contributed by atoms with Crippen LogP contribution in [-0.2, 0) is 47.4 Å². The third kappa shape index (κ3) is 28.8. The lowest BCUT2D eigenvalue weighted by molar-refractivity contribution is 0.214. The molecule has 0 aliphatic rings. The maximum absolute atomic E-state index is 10.5. The number of nitrogens with zero attached hydrogens (tertiary/aromatic N) is 4. The van der Waals surface area contributed by atoms with E-state index in [1.54, 1.807) is 39.8 Å². The van der Waals surface area contributed by atoms with E-state index in [9.17, 15) is 20.4 Å². The smallest absolute Gasteiger partial charge is 0.425 e. The fourth-order valence-electron chi connectivity index (χ4n) is 6.03. The van der Waals surface area contributed by atoms with Gasteiger partial charge in [-0.1, -0.05) is 0 Å². The zero-order chi connectivity index (χ0) is 57.6. The minimum atomic E-state index is -3.11. The van der Waals surface area contributed by atoms with Crippen molar-refractivity contribution in [2.24, 2.45) is 0 Å². The van der Waals surface area contributed by atoms with E-state index in [1.807, 2.05) is 61.9 Å². The van der Waals surface area contributed by atoms with Crippen LogP contribution in [0.4, 0.5) is 0 Å². The zero-order valence-electron chi connectivity index (χ0n) is 43.3. The van der Waals surface area contributed by atoms with Crippen molar-refractivity contribution in [2.75, 3.05) is 75.7 Å². The van der Waals surface area contributed by atoms with Crippen molar-refractivity contribution < 1.29 is 91.3 Å². The van der Waals surface area contributed by atoms with E-state index >= 15 is 0 Å². The second kappa shape index (κ2) is 35.9. The fraction of sp³-hybridized carbons (Fsp3) is 0.388. The van der Waals surface area contributed by atoms with Gasteiger partial charge in [0.25, 0.3) is 0 Å². The Morgan fingerprint density at radius 2 is 0.730 bits per heavy atom. The van der Waals surface area contributed by atoms with Crippen LogP contribution in [-0.4, -0.2) is 182 Å². The van der Waals surface area contributed by atoms with E-state index in [-0.39, 0.29) is 70.7 Å². The first-order valence-corrected chi connectivity index (χ1v) is 23.8. The number of phenols is 10. The molecule has 74 heavy (non-hydrogen) atoms. The van der Waals surface area contributed by atoms with Gasteiger partial charge in [0, 0.05) is 61.5 Å². The van der Waals surface area contributed by atoms with Gasteiger partial charge in [0.05, 0.1) is 25.9 Å². The first kappa shape index (κ1) is 69.0. The van der Waals surface area contributed by atoms with Crippen molar-refractivity contribution in [1.29, 1.82) is 0 Å². The van der Waals surface area contributed by atoms with Crippen LogP contribution < -0.4 is 4.74 Å². The van der Waals surface area contributed by atoms with Crippen LogP contribution in [0.25, 0.3) is 0 Å². The highest BCUT2D eigenvalue weighted by Gasteiger charge is 2.23. The SMILES string of the molecule is CN(CCO)Cc1cc(O)c(CN(C)CCO)cc1O.COc1c(O)c(C)c(CN(C)C)c(O)c1CN(C)C.Cc1cc(O)ccc1O.Cc1cc(O)ccc1O.Cc1cc(O)ccc1O.O=S(=O)=O.O=S(=O)=O. The molecule has 0 aromatic heterocycles. The predicted molar refractivity (Wildman–Crippen MR) is 275 cm³/mol. The molecular weight excluding hydrogens is 1010 g/mol. The van der Waals surface area contributed by atoms with Crippen molar-refractivity contribution in [3.8, 4) is 63.2 Å². The van der Waals surface area contributed by atoms with Crippen molar-refractivity contribution in [3.63, 3.8) is 0 Å². The molecule has 414 valence electrons. The summed E-state index contributed by atoms with van der Waals surface area (Å²) in [6.07, 6.45) is 0. The van der Waals surface area contributed by atoms with Crippen molar-refractivity contribution in [2.45, 2.75) is 53.9 Å². The Morgan fingerprint density at radius 1 is 0.432 bits per heavy atom. The van der Waals surface area contributed by atoms with Gasteiger partial charge in [-0.05, 0) is 153 Å². The monoisotopic (exact) mass is 1080 g/mol. The average Bonchev–Trinajstić information content (AvgIpc) is 3.28. The normalized spacial score (nSPS) is 10.1. The maximum Gasteiger partial charge on any atom is 0.425 e. The Morgan fingerprint density at radius 3 is 0.973 bits per heavy atom. The minimum absolute atomic E-state index is 0.0489. The number of benzene rings is 5. The summed E-state index contributed by atoms with van der Waals surface area (Å²) in [7, 11) is 6.59. The molecule has 0 unspecified atom stereocenters. The van der Waals surface area contributed by atoms with Gasteiger partial charge < -0.3 is 75.8 Å². The number of rotatable bonds is 13. The summed E-state index contributed by atoms with van der Waals surface area (Å²) in [4.78, 5) is 7.58. The van der Waals surface area contributed by atoms with Crippen LogP contribution in [0.15, 0.2) is 66.7 Å². The zero-order valence-corrected chi connectivity index (χ0v) is 45.0. The number of likely N-dealkylation sites (N-methyl/N-ethyl adjacent to an activating group) is 2. The maximum atomic E-state index is 10.5. The largest absolute Gasteiger partial charge is 0.508 e. The van der Waals surface area contributed by atoms with E-state index in [0.717, 1.165) is 5.56 Å². The Bertz CT molecular complexity index is 2530. The first-order valence-electron chi connectivity index (χ1n) is 21.8. The van der Waals surface area contributed by atoms with E-state index in [4.69, 9.17) is 70.8 Å². The minimum Gasteiger partial charge on any atom is -0.508 e. The lowest BCUT2D eigenvalue weighted by Gasteiger charge is -2.22. The number of aliphatic hydroxyl groups is 2. The summed E-state index contributed by atoms with van der Waals surface area (Å²) < 4.78 is 55.9. The van der Waals surface area contributed by atoms with E-state index < -0.39 is 21.2 Å². The molecule has 23 nitrogen and oxygen atoms in total. The van der Waals surface area contributed by atoms with Gasteiger partial charge >= 0.3 is 21.2 Å². The lowest BCUT2D eigenvalue weighted by Crippen LogP contribution is -2.22. The van der Waals surface area contributed by atoms with Gasteiger partial charge in [-0.2, -0.15) is 0 Å². The Kier molecular flexibility index (Phi) is 33.5. The Balaban J connectivity index is 0. The summed E-state index contributed by atoms with van der Waals surface area (Å²) in [6, 6.07) is 16.4. The van der Waals surface area contributed by atoms with Gasteiger partial charge in [-0.3, -0.25) is 9.80 Å². The summed E-state index contributed by atoms with van der Waals surface area (Å²) in [5, 5.41) is 112. The molecule has 0 spiro atoms. The number of methoxy groups -OCH3 is 1. The molecule has 0 aliphatic heterocycles. The van der Waals surface area contributed by atoms with Gasteiger partial charge in [0.1, 0.15) is 51.7 Å². The van der Waals surface area contributed by atoms with Crippen LogP contribution >= 0.6 is 0 Å². The van der Waals surface area contributed by atoms with Crippen LogP contribution in [0.2, 0.25) is 0 Å². The van der Waals surface area contributed by atoms with Crippen molar-refractivity contribution >= 4 is 21.2 Å². The average molecular weight is 1090 g/mol. The highest BCUT2D eigenvalue weighted by atomic mass is 32.2. The number of aryl methyl sites for hydroxylation is 3. The molecule has 0 saturated carbocycles. The van der Waals surface area contributed by atoms with Gasteiger partial charge in [-0.25, -0.2) is 0 Å². The molecular formula is C49H72N4O19S2. The molecule has 5 aromatic carbocycles.